The molecule has 1 heterocycles. The van der Waals surface area contributed by atoms with E-state index in [-0.39, 0.29) is 5.91 Å². The molecule has 1 aromatic heterocycles. The lowest BCUT2D eigenvalue weighted by atomic mass is 9.93. The van der Waals surface area contributed by atoms with E-state index in [4.69, 9.17) is 5.73 Å². The summed E-state index contributed by atoms with van der Waals surface area (Å²) >= 11 is 1.25. The van der Waals surface area contributed by atoms with E-state index in [1.165, 1.54) is 17.8 Å². The summed E-state index contributed by atoms with van der Waals surface area (Å²) in [5.41, 5.74) is 6.25. The number of aryl methyl sites for hydroxylation is 1. The summed E-state index contributed by atoms with van der Waals surface area (Å²) in [7, 11) is 0. The Morgan fingerprint density at radius 1 is 1.64 bits per heavy atom. The molecule has 1 saturated carbocycles. The van der Waals surface area contributed by atoms with Crippen LogP contribution in [-0.4, -0.2) is 16.9 Å². The second-order valence-electron chi connectivity index (χ2n) is 3.57. The summed E-state index contributed by atoms with van der Waals surface area (Å²) in [4.78, 5) is 16.4. The van der Waals surface area contributed by atoms with Crippen LogP contribution in [0.4, 0.5) is 5.13 Å². The molecular formula is C9H13N3OS. The molecule has 0 atom stereocenters. The van der Waals surface area contributed by atoms with Crippen LogP contribution >= 0.6 is 11.3 Å². The van der Waals surface area contributed by atoms with Crippen molar-refractivity contribution in [2.24, 2.45) is 0 Å². The number of hydrogen-bond donors (Lipinski definition) is 2. The van der Waals surface area contributed by atoms with Crippen LogP contribution in [0.25, 0.3) is 0 Å². The molecule has 0 radical (unpaired) electrons. The van der Waals surface area contributed by atoms with E-state index in [0.717, 1.165) is 18.5 Å². The van der Waals surface area contributed by atoms with Crippen molar-refractivity contribution in [3.63, 3.8) is 0 Å². The third-order valence-corrected chi connectivity index (χ3v) is 3.45. The smallest absolute Gasteiger partial charge is 0.263 e. The average molecular weight is 211 g/mol. The number of aromatic nitrogens is 1. The summed E-state index contributed by atoms with van der Waals surface area (Å²) in [5.74, 6) is -0.0265. The van der Waals surface area contributed by atoms with Crippen LogP contribution in [0.2, 0.25) is 0 Å². The Hall–Kier alpha value is -1.10. The van der Waals surface area contributed by atoms with Gasteiger partial charge in [0.2, 0.25) is 0 Å². The maximum Gasteiger partial charge on any atom is 0.263 e. The van der Waals surface area contributed by atoms with Crippen molar-refractivity contribution in [2.75, 3.05) is 5.73 Å². The first kappa shape index (κ1) is 9.45. The van der Waals surface area contributed by atoms with Crippen molar-refractivity contribution in [3.8, 4) is 0 Å². The van der Waals surface area contributed by atoms with Gasteiger partial charge in [-0.15, -0.1) is 0 Å². The van der Waals surface area contributed by atoms with Gasteiger partial charge in [-0.05, 0) is 26.2 Å². The van der Waals surface area contributed by atoms with Crippen LogP contribution < -0.4 is 11.1 Å². The molecule has 0 aliphatic heterocycles. The van der Waals surface area contributed by atoms with Gasteiger partial charge in [0, 0.05) is 6.04 Å². The number of carbonyl (C=O) groups is 1. The number of hydrogen-bond acceptors (Lipinski definition) is 4. The van der Waals surface area contributed by atoms with Crippen LogP contribution in [0.1, 0.15) is 34.6 Å². The minimum absolute atomic E-state index is 0.0265. The summed E-state index contributed by atoms with van der Waals surface area (Å²) in [6.45, 7) is 1.81. The molecule has 2 rings (SSSR count). The van der Waals surface area contributed by atoms with E-state index in [1.54, 1.807) is 0 Å². The molecule has 0 unspecified atom stereocenters. The maximum atomic E-state index is 11.7. The second-order valence-corrected chi connectivity index (χ2v) is 4.60. The van der Waals surface area contributed by atoms with Gasteiger partial charge in [0.15, 0.2) is 5.13 Å². The molecule has 3 N–H and O–H groups in total. The number of anilines is 1. The van der Waals surface area contributed by atoms with Crippen molar-refractivity contribution in [3.05, 3.63) is 10.6 Å². The van der Waals surface area contributed by atoms with Crippen molar-refractivity contribution >= 4 is 22.4 Å². The van der Waals surface area contributed by atoms with Crippen molar-refractivity contribution in [1.29, 1.82) is 0 Å². The molecule has 76 valence electrons. The fourth-order valence-corrected chi connectivity index (χ4v) is 2.17. The Morgan fingerprint density at radius 2 is 2.36 bits per heavy atom. The molecule has 1 aromatic rings. The predicted octanol–water partition coefficient (Wildman–Crippen LogP) is 1.32. The number of carbonyl (C=O) groups excluding carboxylic acids is 1. The number of rotatable bonds is 2. The van der Waals surface area contributed by atoms with Gasteiger partial charge in [0.1, 0.15) is 4.88 Å². The summed E-state index contributed by atoms with van der Waals surface area (Å²) in [5, 5.41) is 3.42. The Morgan fingerprint density at radius 3 is 2.79 bits per heavy atom. The van der Waals surface area contributed by atoms with Gasteiger partial charge in [-0.2, -0.15) is 0 Å². The number of nitrogens with one attached hydrogen (secondary N) is 1. The van der Waals surface area contributed by atoms with E-state index < -0.39 is 0 Å². The third kappa shape index (κ3) is 1.72. The number of nitrogen functional groups attached to an aromatic ring is 1. The van der Waals surface area contributed by atoms with Crippen LogP contribution in [-0.2, 0) is 0 Å². The number of thiazole rings is 1. The molecule has 1 aliphatic carbocycles. The van der Waals surface area contributed by atoms with E-state index in [2.05, 4.69) is 10.3 Å². The zero-order valence-corrected chi connectivity index (χ0v) is 8.86. The number of nitrogens with two attached hydrogens (primary N) is 1. The highest BCUT2D eigenvalue weighted by Gasteiger charge is 2.22. The highest BCUT2D eigenvalue weighted by atomic mass is 32.1. The minimum Gasteiger partial charge on any atom is -0.375 e. The Bertz CT molecular complexity index is 357. The SMILES string of the molecule is Cc1nc(N)sc1C(=O)NC1CCC1. The minimum atomic E-state index is -0.0265. The molecule has 4 nitrogen and oxygen atoms in total. The molecule has 1 aliphatic rings. The highest BCUT2D eigenvalue weighted by Crippen LogP contribution is 2.22. The van der Waals surface area contributed by atoms with Gasteiger partial charge in [-0.25, -0.2) is 4.98 Å². The van der Waals surface area contributed by atoms with Crippen LogP contribution in [0, 0.1) is 6.92 Å². The number of amides is 1. The first-order valence-corrected chi connectivity index (χ1v) is 5.52. The van der Waals surface area contributed by atoms with Gasteiger partial charge in [-0.3, -0.25) is 4.79 Å². The fourth-order valence-electron chi connectivity index (χ4n) is 1.43. The third-order valence-electron chi connectivity index (χ3n) is 2.46. The van der Waals surface area contributed by atoms with Crippen molar-refractivity contribution in [2.45, 2.75) is 32.2 Å². The normalized spacial score (nSPS) is 16.4. The zero-order valence-electron chi connectivity index (χ0n) is 8.04. The highest BCUT2D eigenvalue weighted by molar-refractivity contribution is 7.17. The first-order valence-electron chi connectivity index (χ1n) is 4.70. The molecule has 14 heavy (non-hydrogen) atoms. The largest absolute Gasteiger partial charge is 0.375 e. The maximum absolute atomic E-state index is 11.7. The molecule has 1 fully saturated rings. The Balaban J connectivity index is 2.06. The molecule has 0 spiro atoms. The lowest BCUT2D eigenvalue weighted by molar-refractivity contribution is 0.0920. The molecule has 0 bridgehead atoms. The zero-order chi connectivity index (χ0) is 10.1. The quantitative estimate of drug-likeness (QED) is 0.775. The fraction of sp³-hybridized carbons (Fsp3) is 0.556. The molecule has 1 amide bonds. The van der Waals surface area contributed by atoms with E-state index >= 15 is 0 Å². The van der Waals surface area contributed by atoms with Crippen molar-refractivity contribution < 1.29 is 4.79 Å². The van der Waals surface area contributed by atoms with Crippen LogP contribution in [0.3, 0.4) is 0 Å². The number of nitrogens with zero attached hydrogens (tertiary/aromatic N) is 1. The Labute approximate surface area is 86.5 Å². The predicted molar refractivity (Wildman–Crippen MR) is 56.4 cm³/mol. The lowest BCUT2D eigenvalue weighted by Gasteiger charge is -2.26. The standard InChI is InChI=1S/C9H13N3OS/c1-5-7(14-9(10)11-5)8(13)12-6-3-2-4-6/h6H,2-4H2,1H3,(H2,10,11)(H,12,13). The van der Waals surface area contributed by atoms with Gasteiger partial charge in [0.25, 0.3) is 5.91 Å². The Kier molecular flexibility index (Phi) is 2.41. The molecule has 5 heteroatoms. The van der Waals surface area contributed by atoms with E-state index in [1.807, 2.05) is 6.92 Å². The lowest BCUT2D eigenvalue weighted by Crippen LogP contribution is -2.39. The summed E-state index contributed by atoms with van der Waals surface area (Å²) < 4.78 is 0. The topological polar surface area (TPSA) is 68.0 Å². The van der Waals surface area contributed by atoms with Gasteiger partial charge < -0.3 is 11.1 Å². The van der Waals surface area contributed by atoms with Gasteiger partial charge in [-0.1, -0.05) is 11.3 Å². The van der Waals surface area contributed by atoms with Gasteiger partial charge >= 0.3 is 0 Å². The molecule has 0 saturated heterocycles. The van der Waals surface area contributed by atoms with Crippen LogP contribution in [0.5, 0.6) is 0 Å². The van der Waals surface area contributed by atoms with Crippen LogP contribution in [0.15, 0.2) is 0 Å². The van der Waals surface area contributed by atoms with Gasteiger partial charge in [0.05, 0.1) is 5.69 Å². The summed E-state index contributed by atoms with van der Waals surface area (Å²) in [6.07, 6.45) is 3.41. The molecule has 0 aromatic carbocycles. The van der Waals surface area contributed by atoms with E-state index in [9.17, 15) is 4.79 Å². The monoisotopic (exact) mass is 211 g/mol. The van der Waals surface area contributed by atoms with Crippen molar-refractivity contribution in [1.82, 2.24) is 10.3 Å². The average Bonchev–Trinajstić information content (AvgIpc) is 2.37. The summed E-state index contributed by atoms with van der Waals surface area (Å²) in [6, 6.07) is 0.366. The second kappa shape index (κ2) is 3.57. The van der Waals surface area contributed by atoms with E-state index in [0.29, 0.717) is 16.1 Å². The molecular weight excluding hydrogens is 198 g/mol. The first-order chi connectivity index (χ1) is 6.66.